The highest BCUT2D eigenvalue weighted by atomic mass is 16.5. The second-order valence-corrected chi connectivity index (χ2v) is 6.64. The van der Waals surface area contributed by atoms with Gasteiger partial charge in [-0.25, -0.2) is 0 Å². The molecule has 4 heteroatoms. The SMILES string of the molecule is O=C1CCC[C@@]2(CN(C3COC3)C[C@H]2c2ccccc2)N1. The van der Waals surface area contributed by atoms with Gasteiger partial charge in [0.05, 0.1) is 24.8 Å². The van der Waals surface area contributed by atoms with Gasteiger partial charge in [0.2, 0.25) is 5.91 Å². The van der Waals surface area contributed by atoms with E-state index in [1.807, 2.05) is 0 Å². The summed E-state index contributed by atoms with van der Waals surface area (Å²) in [4.78, 5) is 14.5. The average molecular weight is 286 g/mol. The smallest absolute Gasteiger partial charge is 0.220 e. The Bertz CT molecular complexity index is 529. The van der Waals surface area contributed by atoms with Gasteiger partial charge in [-0.05, 0) is 18.4 Å². The molecule has 4 rings (SSSR count). The molecule has 1 spiro atoms. The van der Waals surface area contributed by atoms with Crippen LogP contribution in [0.5, 0.6) is 0 Å². The number of nitrogens with zero attached hydrogens (tertiary/aromatic N) is 1. The van der Waals surface area contributed by atoms with Crippen LogP contribution in [0.25, 0.3) is 0 Å². The quantitative estimate of drug-likeness (QED) is 0.896. The molecule has 1 amide bonds. The van der Waals surface area contributed by atoms with E-state index in [-0.39, 0.29) is 11.4 Å². The summed E-state index contributed by atoms with van der Waals surface area (Å²) in [5.74, 6) is 0.609. The molecular weight excluding hydrogens is 264 g/mol. The Kier molecular flexibility index (Phi) is 3.23. The Hall–Kier alpha value is -1.39. The fraction of sp³-hybridized carbons (Fsp3) is 0.588. The summed E-state index contributed by atoms with van der Waals surface area (Å²) >= 11 is 0. The topological polar surface area (TPSA) is 41.6 Å². The van der Waals surface area contributed by atoms with Crippen molar-refractivity contribution in [1.82, 2.24) is 10.2 Å². The first-order valence-electron chi connectivity index (χ1n) is 7.95. The largest absolute Gasteiger partial charge is 0.378 e. The summed E-state index contributed by atoms with van der Waals surface area (Å²) in [7, 11) is 0. The molecule has 3 aliphatic heterocycles. The van der Waals surface area contributed by atoms with Crippen LogP contribution in [0.4, 0.5) is 0 Å². The summed E-state index contributed by atoms with van der Waals surface area (Å²) in [6.07, 6.45) is 2.77. The van der Waals surface area contributed by atoms with Crippen LogP contribution < -0.4 is 5.32 Å². The molecule has 0 saturated carbocycles. The number of hydrogen-bond donors (Lipinski definition) is 1. The molecule has 2 atom stereocenters. The maximum Gasteiger partial charge on any atom is 0.220 e. The fourth-order valence-electron chi connectivity index (χ4n) is 4.12. The molecule has 1 aromatic rings. The van der Waals surface area contributed by atoms with Gasteiger partial charge >= 0.3 is 0 Å². The third-order valence-corrected chi connectivity index (χ3v) is 5.32. The molecule has 0 unspecified atom stereocenters. The number of nitrogens with one attached hydrogen (secondary N) is 1. The van der Waals surface area contributed by atoms with E-state index in [0.29, 0.717) is 18.4 Å². The number of piperidine rings is 1. The Morgan fingerprint density at radius 3 is 2.71 bits per heavy atom. The van der Waals surface area contributed by atoms with E-state index in [9.17, 15) is 4.79 Å². The molecule has 0 aromatic heterocycles. The first-order valence-corrected chi connectivity index (χ1v) is 7.95. The van der Waals surface area contributed by atoms with Gasteiger partial charge in [0.25, 0.3) is 0 Å². The predicted octanol–water partition coefficient (Wildman–Crippen LogP) is 1.52. The molecule has 0 aliphatic carbocycles. The van der Waals surface area contributed by atoms with Crippen molar-refractivity contribution >= 4 is 5.91 Å². The van der Waals surface area contributed by atoms with Crippen LogP contribution in [-0.4, -0.2) is 48.7 Å². The van der Waals surface area contributed by atoms with Crippen molar-refractivity contribution < 1.29 is 9.53 Å². The lowest BCUT2D eigenvalue weighted by Crippen LogP contribution is -2.57. The molecule has 3 aliphatic rings. The van der Waals surface area contributed by atoms with Crippen LogP contribution in [-0.2, 0) is 9.53 Å². The molecule has 0 bridgehead atoms. The van der Waals surface area contributed by atoms with Crippen LogP contribution in [0.2, 0.25) is 0 Å². The van der Waals surface area contributed by atoms with Gasteiger partial charge in [-0.3, -0.25) is 9.69 Å². The van der Waals surface area contributed by atoms with Crippen molar-refractivity contribution in [2.75, 3.05) is 26.3 Å². The van der Waals surface area contributed by atoms with E-state index in [2.05, 4.69) is 40.5 Å². The normalized spacial score (nSPS) is 33.9. The lowest BCUT2D eigenvalue weighted by atomic mass is 9.76. The van der Waals surface area contributed by atoms with E-state index in [1.54, 1.807) is 0 Å². The number of rotatable bonds is 2. The van der Waals surface area contributed by atoms with Crippen molar-refractivity contribution in [3.63, 3.8) is 0 Å². The Morgan fingerprint density at radius 2 is 2.05 bits per heavy atom. The number of carbonyl (C=O) groups is 1. The van der Waals surface area contributed by atoms with Gasteiger partial charge in [0, 0.05) is 25.4 Å². The third kappa shape index (κ3) is 2.27. The zero-order chi connectivity index (χ0) is 14.3. The minimum Gasteiger partial charge on any atom is -0.378 e. The van der Waals surface area contributed by atoms with Crippen LogP contribution in [0.3, 0.4) is 0 Å². The fourth-order valence-corrected chi connectivity index (χ4v) is 4.12. The Balaban J connectivity index is 1.65. The van der Waals surface area contributed by atoms with Gasteiger partial charge in [-0.2, -0.15) is 0 Å². The minimum atomic E-state index is -0.0771. The summed E-state index contributed by atoms with van der Waals surface area (Å²) in [6, 6.07) is 11.2. The van der Waals surface area contributed by atoms with Gasteiger partial charge in [-0.1, -0.05) is 30.3 Å². The van der Waals surface area contributed by atoms with Crippen molar-refractivity contribution in [2.24, 2.45) is 0 Å². The molecule has 4 nitrogen and oxygen atoms in total. The minimum absolute atomic E-state index is 0.0771. The molecule has 1 aromatic carbocycles. The number of likely N-dealkylation sites (tertiary alicyclic amines) is 1. The van der Waals surface area contributed by atoms with Crippen LogP contribution in [0.1, 0.15) is 30.7 Å². The number of hydrogen-bond acceptors (Lipinski definition) is 3. The highest BCUT2D eigenvalue weighted by Crippen LogP contribution is 2.42. The van der Waals surface area contributed by atoms with E-state index < -0.39 is 0 Å². The second-order valence-electron chi connectivity index (χ2n) is 6.64. The van der Waals surface area contributed by atoms with E-state index in [0.717, 1.165) is 39.1 Å². The zero-order valence-electron chi connectivity index (χ0n) is 12.3. The lowest BCUT2D eigenvalue weighted by molar-refractivity contribution is -0.125. The highest BCUT2D eigenvalue weighted by molar-refractivity contribution is 5.78. The van der Waals surface area contributed by atoms with Crippen molar-refractivity contribution in [3.05, 3.63) is 35.9 Å². The molecule has 3 fully saturated rings. The van der Waals surface area contributed by atoms with E-state index >= 15 is 0 Å². The van der Waals surface area contributed by atoms with E-state index in [1.165, 1.54) is 5.56 Å². The number of ether oxygens (including phenoxy) is 1. The van der Waals surface area contributed by atoms with Gasteiger partial charge in [0.1, 0.15) is 0 Å². The van der Waals surface area contributed by atoms with Crippen LogP contribution in [0, 0.1) is 0 Å². The zero-order valence-corrected chi connectivity index (χ0v) is 12.3. The van der Waals surface area contributed by atoms with Crippen molar-refractivity contribution in [3.8, 4) is 0 Å². The molecule has 112 valence electrons. The average Bonchev–Trinajstić information content (AvgIpc) is 2.76. The first kappa shape index (κ1) is 13.3. The van der Waals surface area contributed by atoms with Gasteiger partial charge < -0.3 is 10.1 Å². The molecule has 0 radical (unpaired) electrons. The molecule has 3 heterocycles. The summed E-state index contributed by atoms with van der Waals surface area (Å²) in [5.41, 5.74) is 1.27. The molecular formula is C17H22N2O2. The summed E-state index contributed by atoms with van der Waals surface area (Å²) in [5, 5.41) is 3.35. The maximum absolute atomic E-state index is 12.0. The highest BCUT2D eigenvalue weighted by Gasteiger charge is 2.51. The lowest BCUT2D eigenvalue weighted by Gasteiger charge is -2.40. The number of benzene rings is 1. The van der Waals surface area contributed by atoms with Gasteiger partial charge in [-0.15, -0.1) is 0 Å². The van der Waals surface area contributed by atoms with E-state index in [4.69, 9.17) is 4.74 Å². The molecule has 21 heavy (non-hydrogen) atoms. The van der Waals surface area contributed by atoms with Crippen molar-refractivity contribution in [2.45, 2.75) is 36.8 Å². The summed E-state index contributed by atoms with van der Waals surface area (Å²) < 4.78 is 5.36. The number of carbonyl (C=O) groups excluding carboxylic acids is 1. The third-order valence-electron chi connectivity index (χ3n) is 5.32. The molecule has 3 saturated heterocycles. The maximum atomic E-state index is 12.0. The number of amides is 1. The predicted molar refractivity (Wildman–Crippen MR) is 80.1 cm³/mol. The van der Waals surface area contributed by atoms with Crippen LogP contribution in [0.15, 0.2) is 30.3 Å². The standard InChI is InChI=1S/C17H22N2O2/c20-16-7-4-8-17(18-16)12-19(14-10-21-11-14)9-15(17)13-5-2-1-3-6-13/h1-3,5-6,14-15H,4,7-12H2,(H,18,20)/t15-,17-/m0/s1. The molecule has 1 N–H and O–H groups in total. The summed E-state index contributed by atoms with van der Waals surface area (Å²) in [6.45, 7) is 3.67. The van der Waals surface area contributed by atoms with Gasteiger partial charge in [0.15, 0.2) is 0 Å². The monoisotopic (exact) mass is 286 g/mol. The second kappa shape index (κ2) is 5.11. The Morgan fingerprint density at radius 1 is 1.24 bits per heavy atom. The Labute approximate surface area is 125 Å². The first-order chi connectivity index (χ1) is 10.3. The van der Waals surface area contributed by atoms with Crippen LogP contribution >= 0.6 is 0 Å². The van der Waals surface area contributed by atoms with Crippen molar-refractivity contribution in [1.29, 1.82) is 0 Å².